The van der Waals surface area contributed by atoms with E-state index in [1.807, 2.05) is 36.4 Å². The van der Waals surface area contributed by atoms with Crippen molar-refractivity contribution in [3.05, 3.63) is 53.3 Å². The number of nitrogens with one attached hydrogen (secondary N) is 1. The van der Waals surface area contributed by atoms with Gasteiger partial charge in [0, 0.05) is 28.6 Å². The Labute approximate surface area is 139 Å². The van der Waals surface area contributed by atoms with Crippen LogP contribution in [0.15, 0.2) is 42.7 Å². The zero-order valence-corrected chi connectivity index (χ0v) is 13.6. The molecule has 1 aromatic heterocycles. The van der Waals surface area contributed by atoms with Crippen molar-refractivity contribution in [1.82, 2.24) is 9.97 Å². The van der Waals surface area contributed by atoms with Crippen molar-refractivity contribution in [2.75, 3.05) is 19.5 Å². The van der Waals surface area contributed by atoms with Crippen molar-refractivity contribution in [3.63, 3.8) is 0 Å². The smallest absolute Gasteiger partial charge is 0.137 e. The third-order valence-electron chi connectivity index (χ3n) is 3.54. The summed E-state index contributed by atoms with van der Waals surface area (Å²) in [5, 5.41) is 4.89. The molecule has 1 heterocycles. The van der Waals surface area contributed by atoms with Crippen molar-refractivity contribution in [3.8, 4) is 11.5 Å². The maximum absolute atomic E-state index is 6.00. The van der Waals surface area contributed by atoms with Crippen LogP contribution in [0.4, 0.5) is 5.82 Å². The molecule has 0 unspecified atom stereocenters. The van der Waals surface area contributed by atoms with Gasteiger partial charge in [0.1, 0.15) is 23.6 Å². The Kier molecular flexibility index (Phi) is 4.48. The van der Waals surface area contributed by atoms with Gasteiger partial charge in [0.25, 0.3) is 0 Å². The van der Waals surface area contributed by atoms with Crippen molar-refractivity contribution in [2.24, 2.45) is 0 Å². The molecule has 2 aromatic carbocycles. The number of hydrogen-bond acceptors (Lipinski definition) is 5. The van der Waals surface area contributed by atoms with Crippen LogP contribution in [0.25, 0.3) is 10.9 Å². The van der Waals surface area contributed by atoms with E-state index in [4.69, 9.17) is 21.1 Å². The minimum absolute atomic E-state index is 0.571. The standard InChI is InChI=1S/C17H16ClN3O2/c1-22-13-5-3-11(16(8-13)23-2)9-19-17-14-6-4-12(18)7-15(14)20-10-21-17/h3-8,10H,9H2,1-2H3,(H,19,20,21). The largest absolute Gasteiger partial charge is 0.497 e. The van der Waals surface area contributed by atoms with Crippen molar-refractivity contribution < 1.29 is 9.47 Å². The minimum Gasteiger partial charge on any atom is -0.497 e. The first kappa shape index (κ1) is 15.4. The van der Waals surface area contributed by atoms with Gasteiger partial charge in [-0.25, -0.2) is 9.97 Å². The van der Waals surface area contributed by atoms with E-state index in [9.17, 15) is 0 Å². The van der Waals surface area contributed by atoms with Crippen LogP contribution in [0.2, 0.25) is 5.02 Å². The number of rotatable bonds is 5. The van der Waals surface area contributed by atoms with Crippen molar-refractivity contribution >= 4 is 28.3 Å². The molecule has 0 amide bonds. The van der Waals surface area contributed by atoms with Gasteiger partial charge in [-0.1, -0.05) is 11.6 Å². The summed E-state index contributed by atoms with van der Waals surface area (Å²) in [6, 6.07) is 11.3. The van der Waals surface area contributed by atoms with Gasteiger partial charge in [-0.05, 0) is 30.3 Å². The minimum atomic E-state index is 0.571. The molecule has 0 atom stereocenters. The number of halogens is 1. The molecule has 3 aromatic rings. The van der Waals surface area contributed by atoms with E-state index in [0.717, 1.165) is 33.8 Å². The van der Waals surface area contributed by atoms with Crippen LogP contribution >= 0.6 is 11.6 Å². The third-order valence-corrected chi connectivity index (χ3v) is 3.77. The van der Waals surface area contributed by atoms with Crippen LogP contribution in [0, 0.1) is 0 Å². The van der Waals surface area contributed by atoms with E-state index in [-0.39, 0.29) is 0 Å². The number of nitrogens with zero attached hydrogens (tertiary/aromatic N) is 2. The molecule has 3 rings (SSSR count). The number of aromatic nitrogens is 2. The molecule has 6 heteroatoms. The van der Waals surface area contributed by atoms with Gasteiger partial charge in [-0.15, -0.1) is 0 Å². The molecule has 118 valence electrons. The molecule has 0 spiro atoms. The lowest BCUT2D eigenvalue weighted by Crippen LogP contribution is -2.04. The number of ether oxygens (including phenoxy) is 2. The first-order valence-corrected chi connectivity index (χ1v) is 7.44. The highest BCUT2D eigenvalue weighted by molar-refractivity contribution is 6.31. The topological polar surface area (TPSA) is 56.3 Å². The zero-order valence-electron chi connectivity index (χ0n) is 12.8. The summed E-state index contributed by atoms with van der Waals surface area (Å²) in [7, 11) is 3.27. The number of methoxy groups -OCH3 is 2. The predicted molar refractivity (Wildman–Crippen MR) is 91.4 cm³/mol. The maximum atomic E-state index is 6.00. The summed E-state index contributed by atoms with van der Waals surface area (Å²) in [4.78, 5) is 8.55. The summed E-state index contributed by atoms with van der Waals surface area (Å²) in [5.41, 5.74) is 1.81. The number of benzene rings is 2. The molecule has 0 aliphatic carbocycles. The molecule has 0 fully saturated rings. The lowest BCUT2D eigenvalue weighted by atomic mass is 10.2. The average Bonchev–Trinajstić information content (AvgIpc) is 2.59. The van der Waals surface area contributed by atoms with Crippen LogP contribution in [-0.4, -0.2) is 24.2 Å². The monoisotopic (exact) mass is 329 g/mol. The number of hydrogen-bond donors (Lipinski definition) is 1. The van der Waals surface area contributed by atoms with Crippen LogP contribution in [-0.2, 0) is 6.54 Å². The van der Waals surface area contributed by atoms with E-state index in [2.05, 4.69) is 15.3 Å². The lowest BCUT2D eigenvalue weighted by molar-refractivity contribution is 0.391. The van der Waals surface area contributed by atoms with Gasteiger partial charge in [0.05, 0.1) is 19.7 Å². The van der Waals surface area contributed by atoms with Gasteiger partial charge >= 0.3 is 0 Å². The molecule has 0 bridgehead atoms. The Morgan fingerprint density at radius 2 is 1.91 bits per heavy atom. The second kappa shape index (κ2) is 6.71. The summed E-state index contributed by atoms with van der Waals surface area (Å²) in [6.45, 7) is 0.571. The van der Waals surface area contributed by atoms with Gasteiger partial charge in [-0.3, -0.25) is 0 Å². The molecular formula is C17H16ClN3O2. The van der Waals surface area contributed by atoms with Gasteiger partial charge in [-0.2, -0.15) is 0 Å². The summed E-state index contributed by atoms with van der Waals surface area (Å²) in [6.07, 6.45) is 1.52. The third kappa shape index (κ3) is 3.29. The Hall–Kier alpha value is -2.53. The molecule has 1 N–H and O–H groups in total. The number of fused-ring (bicyclic) bond motifs is 1. The van der Waals surface area contributed by atoms with Crippen LogP contribution < -0.4 is 14.8 Å². The molecule has 0 aliphatic heterocycles. The molecule has 0 radical (unpaired) electrons. The fourth-order valence-electron chi connectivity index (χ4n) is 2.35. The first-order valence-electron chi connectivity index (χ1n) is 7.06. The molecule has 5 nitrogen and oxygen atoms in total. The van der Waals surface area contributed by atoms with E-state index >= 15 is 0 Å². The van der Waals surface area contributed by atoms with E-state index in [1.54, 1.807) is 14.2 Å². The summed E-state index contributed by atoms with van der Waals surface area (Å²) >= 11 is 6.00. The molecule has 0 saturated heterocycles. The highest BCUT2D eigenvalue weighted by Crippen LogP contribution is 2.27. The van der Waals surface area contributed by atoms with Crippen LogP contribution in [0.3, 0.4) is 0 Å². The Morgan fingerprint density at radius 1 is 1.04 bits per heavy atom. The summed E-state index contributed by atoms with van der Waals surface area (Å²) in [5.74, 6) is 2.27. The lowest BCUT2D eigenvalue weighted by Gasteiger charge is -2.12. The highest BCUT2D eigenvalue weighted by Gasteiger charge is 2.08. The number of anilines is 1. The van der Waals surface area contributed by atoms with Crippen LogP contribution in [0.1, 0.15) is 5.56 Å². The second-order valence-electron chi connectivity index (χ2n) is 4.92. The van der Waals surface area contributed by atoms with Gasteiger partial charge in [0.15, 0.2) is 0 Å². The normalized spacial score (nSPS) is 10.6. The highest BCUT2D eigenvalue weighted by atomic mass is 35.5. The average molecular weight is 330 g/mol. The Balaban J connectivity index is 1.86. The molecular weight excluding hydrogens is 314 g/mol. The van der Waals surface area contributed by atoms with Gasteiger partial charge in [0.2, 0.25) is 0 Å². The fraction of sp³-hybridized carbons (Fsp3) is 0.176. The zero-order chi connectivity index (χ0) is 16.2. The SMILES string of the molecule is COc1ccc(CNc2ncnc3cc(Cl)ccc23)c(OC)c1. The summed E-state index contributed by atoms with van der Waals surface area (Å²) < 4.78 is 10.6. The fourth-order valence-corrected chi connectivity index (χ4v) is 2.51. The van der Waals surface area contributed by atoms with E-state index in [1.165, 1.54) is 6.33 Å². The molecule has 23 heavy (non-hydrogen) atoms. The van der Waals surface area contributed by atoms with Gasteiger partial charge < -0.3 is 14.8 Å². The Morgan fingerprint density at radius 3 is 2.70 bits per heavy atom. The van der Waals surface area contributed by atoms with E-state index in [0.29, 0.717) is 11.6 Å². The predicted octanol–water partition coefficient (Wildman–Crippen LogP) is 3.91. The molecule has 0 aliphatic rings. The maximum Gasteiger partial charge on any atom is 0.137 e. The Bertz CT molecular complexity index is 839. The van der Waals surface area contributed by atoms with Crippen molar-refractivity contribution in [1.29, 1.82) is 0 Å². The van der Waals surface area contributed by atoms with Crippen molar-refractivity contribution in [2.45, 2.75) is 6.54 Å². The molecule has 0 saturated carbocycles. The second-order valence-corrected chi connectivity index (χ2v) is 5.35. The van der Waals surface area contributed by atoms with Crippen LogP contribution in [0.5, 0.6) is 11.5 Å². The van der Waals surface area contributed by atoms with E-state index < -0.39 is 0 Å². The first-order chi connectivity index (χ1) is 11.2. The quantitative estimate of drug-likeness (QED) is 0.769.